The number of amides is 1. The molecule has 1 heterocycles. The second-order valence-corrected chi connectivity index (χ2v) is 11.9. The number of nitrogens with zero attached hydrogens (tertiary/aromatic N) is 3. The lowest BCUT2D eigenvalue weighted by Crippen LogP contribution is -2.42. The van der Waals surface area contributed by atoms with E-state index in [1.54, 1.807) is 4.68 Å². The van der Waals surface area contributed by atoms with Gasteiger partial charge in [0.2, 0.25) is 0 Å². The van der Waals surface area contributed by atoms with Gasteiger partial charge in [-0.15, -0.1) is 0 Å². The molecule has 0 aliphatic rings. The molecule has 7 nitrogen and oxygen atoms in total. The highest BCUT2D eigenvalue weighted by Gasteiger charge is 2.33. The van der Waals surface area contributed by atoms with Crippen LogP contribution in [0.25, 0.3) is 11.4 Å². The first kappa shape index (κ1) is 32.7. The number of carbonyl (C=O) groups excluding carboxylic acids is 1. The summed E-state index contributed by atoms with van der Waals surface area (Å²) in [6.45, 7) is 8.49. The Morgan fingerprint density at radius 1 is 0.955 bits per heavy atom. The van der Waals surface area contributed by atoms with E-state index in [9.17, 15) is 13.6 Å². The molecule has 3 aromatic carbocycles. The number of nitrogens with one attached hydrogen (secondary N) is 2. The van der Waals surface area contributed by atoms with Crippen molar-refractivity contribution in [2.24, 2.45) is 11.3 Å². The third kappa shape index (κ3) is 8.92. The maximum atomic E-state index is 15.4. The Balaban J connectivity index is 1.50. The number of hydrogen-bond donors (Lipinski definition) is 2. The molecule has 0 saturated heterocycles. The number of benzene rings is 3. The molecular formula is C34H40F3N5O2. The van der Waals surface area contributed by atoms with Crippen LogP contribution in [0.1, 0.15) is 57.1 Å². The van der Waals surface area contributed by atoms with E-state index < -0.39 is 41.3 Å². The van der Waals surface area contributed by atoms with Gasteiger partial charge in [-0.2, -0.15) is 5.10 Å². The Bertz CT molecular complexity index is 1490. The fraction of sp³-hybridized carbons (Fsp3) is 0.382. The van der Waals surface area contributed by atoms with E-state index in [2.05, 4.69) is 15.7 Å². The molecule has 0 spiro atoms. The fourth-order valence-corrected chi connectivity index (χ4v) is 4.93. The number of alkyl halides is 1. The van der Waals surface area contributed by atoms with Crippen LogP contribution in [0.4, 0.5) is 18.0 Å². The SMILES string of the molecule is CC[C@@H](CN[C@@H](c1nc(-c2cc(F)ccc2F)nn1Cc1ccccc1)C(C)(C)C)[C@@H](F)CNC(=O)OCc1ccccc1. The van der Waals surface area contributed by atoms with Crippen LogP contribution in [0.2, 0.25) is 0 Å². The van der Waals surface area contributed by atoms with Crippen molar-refractivity contribution in [2.75, 3.05) is 13.1 Å². The van der Waals surface area contributed by atoms with Crippen LogP contribution in [0.5, 0.6) is 0 Å². The molecular weight excluding hydrogens is 567 g/mol. The van der Waals surface area contributed by atoms with Gasteiger partial charge >= 0.3 is 6.09 Å². The van der Waals surface area contributed by atoms with Gasteiger partial charge < -0.3 is 15.4 Å². The molecule has 0 fully saturated rings. The summed E-state index contributed by atoms with van der Waals surface area (Å²) in [6.07, 6.45) is -1.50. The second kappa shape index (κ2) is 15.0. The van der Waals surface area contributed by atoms with E-state index in [4.69, 9.17) is 9.72 Å². The van der Waals surface area contributed by atoms with Gasteiger partial charge in [0, 0.05) is 12.5 Å². The number of halogens is 3. The molecule has 2 N–H and O–H groups in total. The van der Waals surface area contributed by atoms with E-state index in [0.29, 0.717) is 18.8 Å². The van der Waals surface area contributed by atoms with Crippen molar-refractivity contribution in [1.82, 2.24) is 25.4 Å². The predicted octanol–water partition coefficient (Wildman–Crippen LogP) is 7.24. The molecule has 4 rings (SSSR count). The first-order chi connectivity index (χ1) is 21.0. The molecule has 0 aliphatic carbocycles. The minimum atomic E-state index is -1.34. The van der Waals surface area contributed by atoms with Crippen molar-refractivity contribution in [3.63, 3.8) is 0 Å². The average molecular weight is 608 g/mol. The lowest BCUT2D eigenvalue weighted by molar-refractivity contribution is 0.130. The number of carbonyl (C=O) groups is 1. The summed E-state index contributed by atoms with van der Waals surface area (Å²) < 4.78 is 51.1. The largest absolute Gasteiger partial charge is 0.445 e. The van der Waals surface area contributed by atoms with E-state index in [1.165, 1.54) is 0 Å². The zero-order chi connectivity index (χ0) is 31.7. The molecule has 0 unspecified atom stereocenters. The minimum Gasteiger partial charge on any atom is -0.445 e. The summed E-state index contributed by atoms with van der Waals surface area (Å²) in [7, 11) is 0. The van der Waals surface area contributed by atoms with Crippen molar-refractivity contribution in [3.05, 3.63) is 107 Å². The maximum absolute atomic E-state index is 15.4. The van der Waals surface area contributed by atoms with E-state index >= 15 is 4.39 Å². The number of alkyl carbamates (subject to hydrolysis) is 1. The van der Waals surface area contributed by atoms with Crippen LogP contribution in [0.15, 0.2) is 78.9 Å². The van der Waals surface area contributed by atoms with Crippen LogP contribution in [0, 0.1) is 23.0 Å². The summed E-state index contributed by atoms with van der Waals surface area (Å²) in [5, 5.41) is 10.6. The van der Waals surface area contributed by atoms with Crippen molar-refractivity contribution >= 4 is 6.09 Å². The monoisotopic (exact) mass is 607 g/mol. The predicted molar refractivity (Wildman–Crippen MR) is 164 cm³/mol. The molecule has 44 heavy (non-hydrogen) atoms. The maximum Gasteiger partial charge on any atom is 0.407 e. The van der Waals surface area contributed by atoms with Gasteiger partial charge in [-0.3, -0.25) is 0 Å². The molecule has 1 aromatic heterocycles. The number of ether oxygens (including phenoxy) is 1. The van der Waals surface area contributed by atoms with Crippen LogP contribution >= 0.6 is 0 Å². The van der Waals surface area contributed by atoms with Crippen molar-refractivity contribution in [3.8, 4) is 11.4 Å². The second-order valence-electron chi connectivity index (χ2n) is 11.9. The first-order valence-corrected chi connectivity index (χ1v) is 14.8. The summed E-state index contributed by atoms with van der Waals surface area (Å²) >= 11 is 0. The van der Waals surface area contributed by atoms with Gasteiger partial charge in [0.1, 0.15) is 30.2 Å². The Labute approximate surface area is 256 Å². The summed E-state index contributed by atoms with van der Waals surface area (Å²) in [6, 6.07) is 21.7. The number of aromatic nitrogens is 3. The topological polar surface area (TPSA) is 81.1 Å². The smallest absolute Gasteiger partial charge is 0.407 e. The van der Waals surface area contributed by atoms with Crippen molar-refractivity contribution in [2.45, 2.75) is 59.5 Å². The summed E-state index contributed by atoms with van der Waals surface area (Å²) in [5.41, 5.74) is 1.35. The summed E-state index contributed by atoms with van der Waals surface area (Å²) in [4.78, 5) is 16.9. The van der Waals surface area contributed by atoms with Gasteiger partial charge in [0.25, 0.3) is 0 Å². The van der Waals surface area contributed by atoms with Gasteiger partial charge in [0.15, 0.2) is 5.82 Å². The first-order valence-electron chi connectivity index (χ1n) is 14.8. The number of hydrogen-bond acceptors (Lipinski definition) is 5. The van der Waals surface area contributed by atoms with Crippen molar-refractivity contribution < 1.29 is 22.7 Å². The zero-order valence-electron chi connectivity index (χ0n) is 25.6. The summed E-state index contributed by atoms with van der Waals surface area (Å²) in [5.74, 6) is -1.06. The Morgan fingerprint density at radius 3 is 2.25 bits per heavy atom. The van der Waals surface area contributed by atoms with Crippen LogP contribution in [-0.2, 0) is 17.9 Å². The highest BCUT2D eigenvalue weighted by molar-refractivity contribution is 5.67. The molecule has 3 atom stereocenters. The van der Waals surface area contributed by atoms with Gasteiger partial charge in [0.05, 0.1) is 24.7 Å². The quantitative estimate of drug-likeness (QED) is 0.168. The Kier molecular flexibility index (Phi) is 11.2. The molecule has 0 saturated carbocycles. The minimum absolute atomic E-state index is 0.0359. The highest BCUT2D eigenvalue weighted by Crippen LogP contribution is 2.34. The fourth-order valence-electron chi connectivity index (χ4n) is 4.93. The van der Waals surface area contributed by atoms with E-state index in [1.807, 2.05) is 88.4 Å². The number of rotatable bonds is 13. The third-order valence-corrected chi connectivity index (χ3v) is 7.44. The highest BCUT2D eigenvalue weighted by atomic mass is 19.1. The zero-order valence-corrected chi connectivity index (χ0v) is 25.6. The molecule has 0 bridgehead atoms. The van der Waals surface area contributed by atoms with Gasteiger partial charge in [-0.1, -0.05) is 88.4 Å². The van der Waals surface area contributed by atoms with Crippen LogP contribution in [-0.4, -0.2) is 40.1 Å². The normalized spacial score (nSPS) is 13.7. The third-order valence-electron chi connectivity index (χ3n) is 7.44. The average Bonchev–Trinajstić information content (AvgIpc) is 3.41. The molecule has 234 valence electrons. The molecule has 0 radical (unpaired) electrons. The van der Waals surface area contributed by atoms with Crippen LogP contribution < -0.4 is 10.6 Å². The lowest BCUT2D eigenvalue weighted by Gasteiger charge is -2.33. The van der Waals surface area contributed by atoms with Gasteiger partial charge in [-0.05, 0) is 41.2 Å². The Hall–Kier alpha value is -4.18. The standard InChI is InChI=1S/C34H40F3N5O2/c1-5-25(29(37)20-39-33(43)44-22-24-14-10-7-11-15-24)19-38-30(34(2,3)4)32-40-31(27-18-26(35)16-17-28(27)36)41-42(32)21-23-12-8-6-9-13-23/h6-18,25,29-30,38H,5,19-22H2,1-4H3,(H,39,43)/t25-,29-,30-/m0/s1. The van der Waals surface area contributed by atoms with E-state index in [0.717, 1.165) is 29.3 Å². The molecule has 10 heteroatoms. The van der Waals surface area contributed by atoms with Crippen LogP contribution in [0.3, 0.4) is 0 Å². The van der Waals surface area contributed by atoms with Crippen molar-refractivity contribution in [1.29, 1.82) is 0 Å². The molecule has 0 aliphatic heterocycles. The molecule has 4 aromatic rings. The van der Waals surface area contributed by atoms with Gasteiger partial charge in [-0.25, -0.2) is 27.6 Å². The molecule has 1 amide bonds. The van der Waals surface area contributed by atoms with E-state index in [-0.39, 0.29) is 31.1 Å². The Morgan fingerprint density at radius 2 is 1.61 bits per heavy atom. The lowest BCUT2D eigenvalue weighted by atomic mass is 9.85.